The quantitative estimate of drug-likeness (QED) is 0.0222. The molecule has 2 amide bonds. The first-order valence-corrected chi connectivity index (χ1v) is 17.7. The van der Waals surface area contributed by atoms with Crippen molar-refractivity contribution in [1.29, 1.82) is 0 Å². The molecule has 17 nitrogen and oxygen atoms in total. The third kappa shape index (κ3) is 16.4. The maximum absolute atomic E-state index is 13.3. The van der Waals surface area contributed by atoms with Crippen LogP contribution in [0, 0.1) is 0 Å². The van der Waals surface area contributed by atoms with Crippen molar-refractivity contribution < 1.29 is 76.6 Å². The summed E-state index contributed by atoms with van der Waals surface area (Å²) in [4.78, 5) is 49.9. The molecule has 3 rings (SSSR count). The minimum Gasteiger partial charge on any atom is -0.620 e. The average molecular weight is 803 g/mol. The molecule has 2 aliphatic heterocycles. The number of rotatable bonds is 21. The van der Waals surface area contributed by atoms with Gasteiger partial charge in [-0.15, -0.1) is 0 Å². The first kappa shape index (κ1) is 46.5. The van der Waals surface area contributed by atoms with E-state index >= 15 is 0 Å². The molecule has 2 aliphatic rings. The Labute approximate surface area is 325 Å². The van der Waals surface area contributed by atoms with Crippen molar-refractivity contribution >= 4 is 23.8 Å². The van der Waals surface area contributed by atoms with Crippen molar-refractivity contribution in [3.63, 3.8) is 0 Å². The fourth-order valence-electron chi connectivity index (χ4n) is 5.48. The normalized spacial score (nSPS) is 22.0. The van der Waals surface area contributed by atoms with Crippen LogP contribution in [0.3, 0.4) is 0 Å². The second kappa shape index (κ2) is 24.7. The van der Waals surface area contributed by atoms with Gasteiger partial charge in [-0.1, -0.05) is 48.6 Å². The number of nitrogens with one attached hydrogen (secondary N) is 2. The van der Waals surface area contributed by atoms with Gasteiger partial charge in [0.05, 0.1) is 12.5 Å². The predicted molar refractivity (Wildman–Crippen MR) is 189 cm³/mol. The van der Waals surface area contributed by atoms with Gasteiger partial charge in [0.2, 0.25) is 11.8 Å². The summed E-state index contributed by atoms with van der Waals surface area (Å²) < 4.78 is 11.2. The molecule has 2 heterocycles. The van der Waals surface area contributed by atoms with E-state index in [1.54, 1.807) is 42.5 Å². The van der Waals surface area contributed by atoms with Crippen molar-refractivity contribution in [2.45, 2.75) is 108 Å². The van der Waals surface area contributed by atoms with Crippen LogP contribution in [-0.4, -0.2) is 121 Å². The first-order valence-electron chi connectivity index (χ1n) is 17.7. The van der Waals surface area contributed by atoms with Crippen LogP contribution in [0.25, 0.3) is 5.32 Å². The van der Waals surface area contributed by atoms with Gasteiger partial charge in [0.1, 0.15) is 24.1 Å². The molecule has 1 fully saturated rings. The molecular formula is C36H52FeN5O12-. The summed E-state index contributed by atoms with van der Waals surface area (Å²) in [5.41, 5.74) is 0.389. The van der Waals surface area contributed by atoms with Crippen LogP contribution in [0.2, 0.25) is 0 Å². The van der Waals surface area contributed by atoms with Gasteiger partial charge in [0, 0.05) is 48.7 Å². The molecule has 18 heteroatoms. The number of carbonyl (C=O) groups is 4. The van der Waals surface area contributed by atoms with Gasteiger partial charge in [-0.2, -0.15) is 10.1 Å². The van der Waals surface area contributed by atoms with E-state index in [9.17, 15) is 44.9 Å². The van der Waals surface area contributed by atoms with Crippen molar-refractivity contribution in [3.05, 3.63) is 71.6 Å². The Morgan fingerprint density at radius 3 is 2.59 bits per heavy atom. The average Bonchev–Trinajstić information content (AvgIpc) is 3.55. The number of carboxylic acid groups (broad SMARTS) is 1. The Kier molecular flexibility index (Phi) is 21.2. The molecule has 1 aromatic rings. The van der Waals surface area contributed by atoms with Crippen molar-refractivity contribution in [2.24, 2.45) is 0 Å². The van der Waals surface area contributed by atoms with E-state index in [-0.39, 0.29) is 61.8 Å². The second-order valence-electron chi connectivity index (χ2n) is 12.8. The summed E-state index contributed by atoms with van der Waals surface area (Å²) in [5, 5.41) is 70.6. The maximum Gasteiger partial charge on any atom is 0.328 e. The second-order valence-corrected chi connectivity index (χ2v) is 12.8. The monoisotopic (exact) mass is 802 g/mol. The third-order valence-electron chi connectivity index (χ3n) is 8.38. The minimum atomic E-state index is -1.36. The Morgan fingerprint density at radius 2 is 1.85 bits per heavy atom. The first-order chi connectivity index (χ1) is 25.3. The Hall–Kier alpha value is -3.68. The molecule has 1 saturated heterocycles. The van der Waals surface area contributed by atoms with E-state index in [0.717, 1.165) is 10.1 Å². The van der Waals surface area contributed by atoms with Crippen LogP contribution in [-0.2, 0) is 45.7 Å². The van der Waals surface area contributed by atoms with Crippen LogP contribution in [0.5, 0.6) is 5.75 Å². The zero-order valence-corrected chi connectivity index (χ0v) is 31.2. The summed E-state index contributed by atoms with van der Waals surface area (Å²) in [7, 11) is 0. The SMILES string of the molecule is C[C@@H](CC(=O)N[C@H]1C=CCCN(O)C1O)OC(=O)[C@H](CCCCN(O)C(O)/C=C\CC/C=C/CCC(=O)O)NC(=O)[C@@H]1COC(c2ccccc2O)[N-]1.[Fe]. The standard InChI is InChI=1S/C36H52N5O12.Fe/c1-24(22-30(43)37-26-15-10-13-21-41(51)35(26)48)53-36(49)27(38-33(47)28-23-52-34(39-28)25-14-8-9-17-29(25)42)16-11-12-20-40(50)31(44)18-6-4-2-3-5-7-19-32(45)46;/h3,5-6,8-10,14-15,17-18,24,26-28,31,34-35,42,44,48,50-51H,2,4,7,11-13,16,19-23H2,1H3,(H,37,43)(H,38,47)(H,45,46);/q-1;/b5-3+,18-6-;/t24-,26-,27-,28-,31?,34?,35?;/m0./s1. The Balaban J connectivity index is 0.0000101. The number of carbonyl (C=O) groups excluding carboxylic acids is 3. The molecule has 7 atom stereocenters. The molecule has 0 spiro atoms. The minimum absolute atomic E-state index is 0. The van der Waals surface area contributed by atoms with Crippen molar-refractivity contribution in [1.82, 2.24) is 20.8 Å². The number of nitrogens with zero attached hydrogens (tertiary/aromatic N) is 3. The van der Waals surface area contributed by atoms with Crippen LogP contribution in [0.1, 0.15) is 76.5 Å². The van der Waals surface area contributed by atoms with E-state index in [4.69, 9.17) is 14.6 Å². The largest absolute Gasteiger partial charge is 0.620 e. The van der Waals surface area contributed by atoms with Crippen LogP contribution >= 0.6 is 0 Å². The van der Waals surface area contributed by atoms with Crippen molar-refractivity contribution in [3.8, 4) is 5.75 Å². The van der Waals surface area contributed by atoms with Gasteiger partial charge in [0.25, 0.3) is 0 Å². The topological polar surface area (TPSA) is 253 Å². The zero-order valence-electron chi connectivity index (χ0n) is 30.1. The third-order valence-corrected chi connectivity index (χ3v) is 8.38. The maximum atomic E-state index is 13.3. The fraction of sp³-hybridized carbons (Fsp3) is 0.556. The van der Waals surface area contributed by atoms with Gasteiger partial charge in [0.15, 0.2) is 6.23 Å². The number of aliphatic hydroxyl groups excluding tert-OH is 2. The number of aromatic hydroxyl groups is 1. The van der Waals surface area contributed by atoms with Gasteiger partial charge < -0.3 is 56.3 Å². The number of phenols is 1. The molecule has 0 bridgehead atoms. The Bertz CT molecular complexity index is 1430. The molecule has 0 aromatic heterocycles. The van der Waals surface area contributed by atoms with E-state index in [0.29, 0.717) is 44.1 Å². The predicted octanol–water partition coefficient (Wildman–Crippen LogP) is 2.36. The molecule has 8 N–H and O–H groups in total. The number of para-hydroxylation sites is 1. The number of allylic oxidation sites excluding steroid dienone is 3. The Morgan fingerprint density at radius 1 is 1.13 bits per heavy atom. The van der Waals surface area contributed by atoms with E-state index in [1.807, 2.05) is 6.08 Å². The summed E-state index contributed by atoms with van der Waals surface area (Å²) in [6.07, 6.45) is 8.18. The van der Waals surface area contributed by atoms with Crippen LogP contribution in [0.15, 0.2) is 60.7 Å². The van der Waals surface area contributed by atoms with Crippen LogP contribution < -0.4 is 10.6 Å². The van der Waals surface area contributed by atoms with Crippen LogP contribution in [0.4, 0.5) is 0 Å². The molecule has 3 unspecified atom stereocenters. The summed E-state index contributed by atoms with van der Waals surface area (Å²) in [6, 6.07) is 3.39. The number of unbranched alkanes of at least 4 members (excludes halogenated alkanes) is 2. The number of aliphatic hydroxyl groups is 2. The molecule has 302 valence electrons. The number of carboxylic acids is 1. The summed E-state index contributed by atoms with van der Waals surface area (Å²) in [5.74, 6) is -2.88. The van der Waals surface area contributed by atoms with Gasteiger partial charge >= 0.3 is 11.9 Å². The molecule has 0 radical (unpaired) electrons. The number of phenolic OH excluding ortho intramolecular Hbond substituents is 1. The number of esters is 1. The fourth-order valence-corrected chi connectivity index (χ4v) is 5.48. The number of ether oxygens (including phenoxy) is 2. The zero-order chi connectivity index (χ0) is 38.8. The van der Waals surface area contributed by atoms with Crippen molar-refractivity contribution in [2.75, 3.05) is 19.7 Å². The van der Waals surface area contributed by atoms with Gasteiger partial charge in [-0.25, -0.2) is 4.79 Å². The summed E-state index contributed by atoms with van der Waals surface area (Å²) >= 11 is 0. The number of aliphatic carboxylic acids is 1. The van der Waals surface area contributed by atoms with E-state index in [1.165, 1.54) is 19.1 Å². The molecular weight excluding hydrogens is 750 g/mol. The van der Waals surface area contributed by atoms with Gasteiger partial charge in [-0.3, -0.25) is 14.4 Å². The smallest absolute Gasteiger partial charge is 0.328 e. The van der Waals surface area contributed by atoms with E-state index in [2.05, 4.69) is 16.0 Å². The molecule has 54 heavy (non-hydrogen) atoms. The molecule has 0 aliphatic carbocycles. The number of hydrogen-bond donors (Lipinski definition) is 8. The van der Waals surface area contributed by atoms with E-state index < -0.39 is 66.7 Å². The summed E-state index contributed by atoms with van der Waals surface area (Å²) in [6.45, 7) is 1.63. The molecule has 1 aromatic carbocycles. The van der Waals surface area contributed by atoms with Gasteiger partial charge in [-0.05, 0) is 76.3 Å². The number of hydrogen-bond acceptors (Lipinski definition) is 13. The number of benzene rings is 1. The number of hydroxylamine groups is 4. The molecule has 0 saturated carbocycles. The number of amides is 2.